The van der Waals surface area contributed by atoms with Gasteiger partial charge in [0.15, 0.2) is 5.96 Å². The Hall–Kier alpha value is -1.98. The molecule has 2 heterocycles. The summed E-state index contributed by atoms with van der Waals surface area (Å²) in [5.74, 6) is 1.20. The Kier molecular flexibility index (Phi) is 3.32. The number of aliphatic imine (C=N–C) groups is 2. The van der Waals surface area contributed by atoms with Crippen LogP contribution in [-0.2, 0) is 6.42 Å². The van der Waals surface area contributed by atoms with Crippen LogP contribution in [0.25, 0.3) is 0 Å². The summed E-state index contributed by atoms with van der Waals surface area (Å²) in [4.78, 5) is 13.7. The van der Waals surface area contributed by atoms with E-state index in [0.29, 0.717) is 5.96 Å². The molecular weight excluding hydrogens is 216 g/mol. The van der Waals surface area contributed by atoms with Crippen LogP contribution >= 0.6 is 0 Å². The second kappa shape index (κ2) is 4.90. The van der Waals surface area contributed by atoms with Gasteiger partial charge in [-0.3, -0.25) is 5.32 Å². The van der Waals surface area contributed by atoms with Crippen LogP contribution in [0.2, 0.25) is 0 Å². The van der Waals surface area contributed by atoms with Crippen molar-refractivity contribution in [1.29, 1.82) is 0 Å². The summed E-state index contributed by atoms with van der Waals surface area (Å²) in [5.41, 5.74) is 6.88. The fourth-order valence-corrected chi connectivity index (χ4v) is 1.70. The van der Waals surface area contributed by atoms with E-state index in [4.69, 9.17) is 5.73 Å². The molecule has 4 N–H and O–H groups in total. The number of aromatic amines is 1. The first-order valence-corrected chi connectivity index (χ1v) is 5.66. The van der Waals surface area contributed by atoms with Gasteiger partial charge in [-0.25, -0.2) is 9.98 Å². The quantitative estimate of drug-likeness (QED) is 0.694. The minimum atomic E-state index is -0.112. The molecule has 0 aromatic carbocycles. The highest BCUT2D eigenvalue weighted by Gasteiger charge is 2.14. The molecular formula is C11H18N6. The van der Waals surface area contributed by atoms with Crippen LogP contribution < -0.4 is 11.1 Å². The SMILES string of the molecule is CC1N=C(N)NC(N(C)CCc2ccc[nH]2)=N1. The Balaban J connectivity index is 1.90. The molecule has 2 rings (SSSR count). The summed E-state index contributed by atoms with van der Waals surface area (Å²) in [6, 6.07) is 4.07. The maximum Gasteiger partial charge on any atom is 0.202 e. The molecule has 0 fully saturated rings. The smallest absolute Gasteiger partial charge is 0.202 e. The number of nitrogens with two attached hydrogens (primary N) is 1. The highest BCUT2D eigenvalue weighted by Crippen LogP contribution is 2.01. The van der Waals surface area contributed by atoms with Gasteiger partial charge in [0.2, 0.25) is 5.96 Å². The van der Waals surface area contributed by atoms with Crippen molar-refractivity contribution >= 4 is 11.9 Å². The van der Waals surface area contributed by atoms with E-state index in [1.54, 1.807) is 0 Å². The molecule has 1 atom stereocenters. The minimum absolute atomic E-state index is 0.112. The summed E-state index contributed by atoms with van der Waals surface area (Å²) in [6.45, 7) is 2.78. The fourth-order valence-electron chi connectivity index (χ4n) is 1.70. The Morgan fingerprint density at radius 1 is 1.47 bits per heavy atom. The molecule has 0 bridgehead atoms. The molecule has 6 nitrogen and oxygen atoms in total. The van der Waals surface area contributed by atoms with Crippen LogP contribution in [0.1, 0.15) is 12.6 Å². The summed E-state index contributed by atoms with van der Waals surface area (Å²) in [7, 11) is 1.99. The van der Waals surface area contributed by atoms with E-state index in [-0.39, 0.29) is 6.17 Å². The van der Waals surface area contributed by atoms with Gasteiger partial charge in [0, 0.05) is 31.9 Å². The van der Waals surface area contributed by atoms with Crippen LogP contribution in [0, 0.1) is 0 Å². The summed E-state index contributed by atoms with van der Waals surface area (Å²) in [5, 5.41) is 2.97. The van der Waals surface area contributed by atoms with Crippen molar-refractivity contribution in [1.82, 2.24) is 15.2 Å². The van der Waals surface area contributed by atoms with Gasteiger partial charge in [0.25, 0.3) is 0 Å². The maximum absolute atomic E-state index is 5.67. The van der Waals surface area contributed by atoms with E-state index in [9.17, 15) is 0 Å². The third-order valence-corrected chi connectivity index (χ3v) is 2.62. The lowest BCUT2D eigenvalue weighted by Gasteiger charge is -2.25. The first-order chi connectivity index (χ1) is 8.15. The van der Waals surface area contributed by atoms with Gasteiger partial charge in [-0.15, -0.1) is 0 Å². The number of guanidine groups is 2. The number of hydrogen-bond acceptors (Lipinski definition) is 5. The normalized spacial score (nSPS) is 19.3. The number of rotatable bonds is 3. The molecule has 1 aliphatic heterocycles. The van der Waals surface area contributed by atoms with Gasteiger partial charge in [0.05, 0.1) is 0 Å². The number of nitrogens with zero attached hydrogens (tertiary/aromatic N) is 3. The van der Waals surface area contributed by atoms with Crippen molar-refractivity contribution in [2.24, 2.45) is 15.7 Å². The van der Waals surface area contributed by atoms with Crippen LogP contribution in [0.5, 0.6) is 0 Å². The Bertz CT molecular complexity index is 419. The Labute approximate surface area is 101 Å². The average Bonchev–Trinajstić information content (AvgIpc) is 2.77. The lowest BCUT2D eigenvalue weighted by atomic mass is 10.3. The fraction of sp³-hybridized carbons (Fsp3) is 0.455. The van der Waals surface area contributed by atoms with Gasteiger partial charge in [-0.1, -0.05) is 0 Å². The monoisotopic (exact) mass is 234 g/mol. The first-order valence-electron chi connectivity index (χ1n) is 5.66. The lowest BCUT2D eigenvalue weighted by molar-refractivity contribution is 0.484. The van der Waals surface area contributed by atoms with Crippen molar-refractivity contribution in [3.05, 3.63) is 24.0 Å². The highest BCUT2D eigenvalue weighted by molar-refractivity contribution is 5.99. The molecule has 92 valence electrons. The van der Waals surface area contributed by atoms with Crippen LogP contribution in [0.4, 0.5) is 0 Å². The Morgan fingerprint density at radius 3 is 2.94 bits per heavy atom. The predicted molar refractivity (Wildman–Crippen MR) is 68.8 cm³/mol. The molecule has 1 aromatic rings. The number of nitrogens with one attached hydrogen (secondary N) is 2. The zero-order chi connectivity index (χ0) is 12.3. The van der Waals surface area contributed by atoms with Gasteiger partial charge >= 0.3 is 0 Å². The Morgan fingerprint density at radius 2 is 2.29 bits per heavy atom. The molecule has 17 heavy (non-hydrogen) atoms. The molecule has 0 spiro atoms. The number of aromatic nitrogens is 1. The molecule has 0 amide bonds. The zero-order valence-electron chi connectivity index (χ0n) is 10.1. The van der Waals surface area contributed by atoms with Gasteiger partial charge in [-0.05, 0) is 19.1 Å². The number of hydrogen-bond donors (Lipinski definition) is 3. The van der Waals surface area contributed by atoms with Crippen molar-refractivity contribution in [3.63, 3.8) is 0 Å². The van der Waals surface area contributed by atoms with Gasteiger partial charge < -0.3 is 15.6 Å². The summed E-state index contributed by atoms with van der Waals surface area (Å²) >= 11 is 0. The summed E-state index contributed by atoms with van der Waals surface area (Å²) in [6.07, 6.45) is 2.76. The van der Waals surface area contributed by atoms with Crippen molar-refractivity contribution < 1.29 is 0 Å². The topological polar surface area (TPSA) is 81.8 Å². The van der Waals surface area contributed by atoms with E-state index in [2.05, 4.69) is 26.4 Å². The van der Waals surface area contributed by atoms with Crippen molar-refractivity contribution in [2.75, 3.05) is 13.6 Å². The standard InChI is InChI=1S/C11H18N6/c1-8-14-10(12)16-11(15-8)17(2)7-5-9-4-3-6-13-9/h3-4,6,8,13H,5,7H2,1-2H3,(H3,12,14,15,16). The number of H-pyrrole nitrogens is 1. The zero-order valence-corrected chi connectivity index (χ0v) is 10.1. The molecule has 1 unspecified atom stereocenters. The predicted octanol–water partition coefficient (Wildman–Crippen LogP) is 0.109. The van der Waals surface area contributed by atoms with Crippen molar-refractivity contribution in [2.45, 2.75) is 19.5 Å². The van der Waals surface area contributed by atoms with E-state index in [0.717, 1.165) is 18.9 Å². The average molecular weight is 234 g/mol. The summed E-state index contributed by atoms with van der Waals surface area (Å²) < 4.78 is 0. The first kappa shape index (κ1) is 11.5. The van der Waals surface area contributed by atoms with E-state index in [1.807, 2.05) is 31.1 Å². The van der Waals surface area contributed by atoms with E-state index >= 15 is 0 Å². The minimum Gasteiger partial charge on any atom is -0.370 e. The van der Waals surface area contributed by atoms with Crippen LogP contribution in [0.15, 0.2) is 28.3 Å². The van der Waals surface area contributed by atoms with Gasteiger partial charge in [0.1, 0.15) is 6.17 Å². The molecule has 0 aliphatic carbocycles. The molecule has 0 saturated carbocycles. The number of likely N-dealkylation sites (N-methyl/N-ethyl adjacent to an activating group) is 1. The second-order valence-corrected chi connectivity index (χ2v) is 4.09. The van der Waals surface area contributed by atoms with Gasteiger partial charge in [-0.2, -0.15) is 0 Å². The molecule has 0 saturated heterocycles. The third-order valence-electron chi connectivity index (χ3n) is 2.62. The lowest BCUT2D eigenvalue weighted by Crippen LogP contribution is -2.49. The molecule has 1 aliphatic rings. The van der Waals surface area contributed by atoms with Crippen LogP contribution in [-0.4, -0.2) is 41.6 Å². The molecule has 0 radical (unpaired) electrons. The maximum atomic E-state index is 5.67. The van der Waals surface area contributed by atoms with Crippen LogP contribution in [0.3, 0.4) is 0 Å². The molecule has 1 aromatic heterocycles. The van der Waals surface area contributed by atoms with E-state index in [1.165, 1.54) is 5.69 Å². The molecule has 6 heteroatoms. The van der Waals surface area contributed by atoms with E-state index < -0.39 is 0 Å². The third kappa shape index (κ3) is 2.99. The highest BCUT2D eigenvalue weighted by atomic mass is 15.4. The largest absolute Gasteiger partial charge is 0.370 e. The second-order valence-electron chi connectivity index (χ2n) is 4.09. The van der Waals surface area contributed by atoms with Crippen molar-refractivity contribution in [3.8, 4) is 0 Å².